The van der Waals surface area contributed by atoms with Crippen LogP contribution in [0.2, 0.25) is 0 Å². The lowest BCUT2D eigenvalue weighted by atomic mass is 10.1. The van der Waals surface area contributed by atoms with Gasteiger partial charge in [0.15, 0.2) is 0 Å². The summed E-state index contributed by atoms with van der Waals surface area (Å²) in [5.74, 6) is 0. The molecule has 0 unspecified atom stereocenters. The SMILES string of the molecule is Cc1cc(-n2n3c4cc(S(=O)(=O)O)c5cc(S(=O)(=O)O)ccc5c4n23)ccc1N=Nc1ccc(C=Cc2ccc(-n3n4c5ccc6ccccc6c5n34)cc2S(=O)(=O)O)cc1.O=S(=O)=O.O=S(=O)=O.O=S(=O)=O. The summed E-state index contributed by atoms with van der Waals surface area (Å²) >= 11 is 0. The minimum Gasteiger partial charge on any atom is -0.282 e. The molecular formula is C41H28N8O18S6. The summed E-state index contributed by atoms with van der Waals surface area (Å²) in [7, 11) is -23.3. The zero-order chi connectivity index (χ0) is 53.1. The van der Waals surface area contributed by atoms with Crippen LogP contribution in [0.15, 0.2) is 146 Å². The van der Waals surface area contributed by atoms with Crippen LogP contribution in [-0.4, -0.2) is 105 Å². The average molecular weight is 1110 g/mol. The van der Waals surface area contributed by atoms with E-state index in [9.17, 15) is 38.9 Å². The first-order valence-corrected chi connectivity index (χ1v) is 27.2. The standard InChI is InChI=1S/C41H28N8O9S3.3O3S/c1-24-20-29(44-47-37-23-39(61(56,57)58)34-22-31(59(50,51)52)16-17-33(34)41(37)49(44)47)15-18-35(24)43-42-28-12-7-25(8-13-28)6-9-27-10-14-30(21-38(27)60(53,54)55)45-46-36-19-11-26-4-2-3-5-32(26)40(36)48(45)46;3*1-4(2)3/h2-23H,1H3,(H,50,51,52)(H,53,54,55)(H,56,57,58);;;. The molecule has 0 saturated carbocycles. The Balaban J connectivity index is 0.000000538. The molecule has 0 spiro atoms. The van der Waals surface area contributed by atoms with Crippen molar-refractivity contribution in [1.82, 2.24) is 28.1 Å². The van der Waals surface area contributed by atoms with Gasteiger partial charge < -0.3 is 0 Å². The molecule has 376 valence electrons. The average Bonchev–Trinajstić information content (AvgIpc) is 4.16. The highest BCUT2D eigenvalue weighted by Gasteiger charge is 2.31. The minimum absolute atomic E-state index is 0.0630. The maximum Gasteiger partial charge on any atom is 0.425 e. The number of benzene rings is 7. The van der Waals surface area contributed by atoms with Crippen LogP contribution in [0.5, 0.6) is 0 Å². The highest BCUT2D eigenvalue weighted by Crippen LogP contribution is 2.39. The number of hydrogen-bond acceptors (Lipinski definition) is 17. The lowest BCUT2D eigenvalue weighted by Gasteiger charge is -2.09. The van der Waals surface area contributed by atoms with Crippen LogP contribution in [0.4, 0.5) is 11.4 Å². The molecular weight excluding hydrogens is 1080 g/mol. The van der Waals surface area contributed by atoms with E-state index in [2.05, 4.69) is 10.2 Å². The maximum absolute atomic E-state index is 12.5. The van der Waals surface area contributed by atoms with E-state index in [0.717, 1.165) is 45.1 Å². The Morgan fingerprint density at radius 1 is 0.479 bits per heavy atom. The molecule has 4 heterocycles. The second-order valence-electron chi connectivity index (χ2n) is 15.2. The monoisotopic (exact) mass is 1110 g/mol. The van der Waals surface area contributed by atoms with Gasteiger partial charge in [-0.15, -0.1) is 56.4 Å². The largest absolute Gasteiger partial charge is 0.425 e. The van der Waals surface area contributed by atoms with Crippen molar-refractivity contribution in [3.63, 3.8) is 0 Å². The lowest BCUT2D eigenvalue weighted by Crippen LogP contribution is -2.04. The molecule has 0 atom stereocenters. The molecule has 73 heavy (non-hydrogen) atoms. The third-order valence-electron chi connectivity index (χ3n) is 10.9. The Bertz CT molecular complexity index is 4710. The van der Waals surface area contributed by atoms with Crippen molar-refractivity contribution in [2.24, 2.45) is 10.2 Å². The topological polar surface area (TPSA) is 369 Å². The van der Waals surface area contributed by atoms with Gasteiger partial charge in [-0.05, 0) is 95.7 Å². The van der Waals surface area contributed by atoms with E-state index >= 15 is 0 Å². The van der Waals surface area contributed by atoms with E-state index < -0.39 is 72.0 Å². The zero-order valence-corrected chi connectivity index (χ0v) is 41.1. The third-order valence-corrected chi connectivity index (χ3v) is 13.5. The van der Waals surface area contributed by atoms with Crippen molar-refractivity contribution in [1.29, 1.82) is 0 Å². The van der Waals surface area contributed by atoms with Crippen molar-refractivity contribution >= 4 is 129 Å². The minimum atomic E-state index is -4.76. The van der Waals surface area contributed by atoms with Gasteiger partial charge in [0.05, 0.1) is 27.6 Å². The summed E-state index contributed by atoms with van der Waals surface area (Å²) in [5, 5.41) is 11.3. The zero-order valence-electron chi connectivity index (χ0n) is 36.2. The fraction of sp³-hybridized carbons (Fsp3) is 0.0244. The fourth-order valence-corrected chi connectivity index (χ4v) is 9.84. The highest BCUT2D eigenvalue weighted by atomic mass is 32.2. The molecule has 0 amide bonds. The number of aryl methyl sites for hydroxylation is 1. The van der Waals surface area contributed by atoms with Gasteiger partial charge in [-0.25, -0.2) is 0 Å². The Labute approximate surface area is 413 Å². The molecule has 3 N–H and O–H groups in total. The molecule has 0 fully saturated rings. The van der Waals surface area contributed by atoms with Crippen LogP contribution < -0.4 is 0 Å². The molecule has 0 aliphatic carbocycles. The normalized spacial score (nSPS) is 12.3. The number of hydrogen-bond donors (Lipinski definition) is 3. The van der Waals surface area contributed by atoms with E-state index in [1.165, 1.54) is 18.2 Å². The molecule has 11 aromatic rings. The number of fused-ring (bicyclic) bond motifs is 12. The second kappa shape index (κ2) is 19.1. The van der Waals surface area contributed by atoms with Crippen molar-refractivity contribution in [3.05, 3.63) is 138 Å². The first-order chi connectivity index (χ1) is 34.3. The molecule has 0 aliphatic rings. The quantitative estimate of drug-likeness (QED) is 0.0963. The van der Waals surface area contributed by atoms with Gasteiger partial charge in [0.1, 0.15) is 31.9 Å². The van der Waals surface area contributed by atoms with Gasteiger partial charge in [0, 0.05) is 16.2 Å². The predicted octanol–water partition coefficient (Wildman–Crippen LogP) is 5.08. The Hall–Kier alpha value is -8.21. The molecule has 4 aromatic heterocycles. The van der Waals surface area contributed by atoms with Crippen molar-refractivity contribution in [3.8, 4) is 11.4 Å². The summed E-state index contributed by atoms with van der Waals surface area (Å²) in [6, 6.07) is 34.3. The number of aromatic nitrogens is 6. The summed E-state index contributed by atoms with van der Waals surface area (Å²) < 4.78 is 186. The predicted molar refractivity (Wildman–Crippen MR) is 256 cm³/mol. The van der Waals surface area contributed by atoms with Gasteiger partial charge in [0.2, 0.25) is 0 Å². The first-order valence-electron chi connectivity index (χ1n) is 19.9. The summed E-state index contributed by atoms with van der Waals surface area (Å²) in [4.78, 5) is 2.37. The molecule has 0 radical (unpaired) electrons. The van der Waals surface area contributed by atoms with Crippen LogP contribution in [-0.2, 0) is 62.2 Å². The molecule has 0 bridgehead atoms. The van der Waals surface area contributed by atoms with E-state index in [4.69, 9.17) is 37.9 Å². The van der Waals surface area contributed by atoms with E-state index in [1.54, 1.807) is 74.7 Å². The second-order valence-corrected chi connectivity index (χ2v) is 20.6. The van der Waals surface area contributed by atoms with E-state index in [-0.39, 0.29) is 10.3 Å². The Morgan fingerprint density at radius 2 is 1.04 bits per heavy atom. The van der Waals surface area contributed by atoms with Gasteiger partial charge in [-0.2, -0.15) is 45.1 Å². The first kappa shape index (κ1) is 51.2. The van der Waals surface area contributed by atoms with Crippen molar-refractivity contribution < 1.29 is 76.8 Å². The highest BCUT2D eigenvalue weighted by molar-refractivity contribution is 7.86. The van der Waals surface area contributed by atoms with Gasteiger partial charge in [-0.1, -0.05) is 66.7 Å². The van der Waals surface area contributed by atoms with Crippen molar-refractivity contribution in [2.45, 2.75) is 21.6 Å². The van der Waals surface area contributed by atoms with E-state index in [0.29, 0.717) is 44.7 Å². The van der Waals surface area contributed by atoms with Crippen LogP contribution in [0, 0.1) is 6.92 Å². The van der Waals surface area contributed by atoms with Crippen LogP contribution >= 0.6 is 0 Å². The van der Waals surface area contributed by atoms with Gasteiger partial charge in [0.25, 0.3) is 30.4 Å². The third kappa shape index (κ3) is 10.4. The molecule has 0 saturated heterocycles. The summed E-state index contributed by atoms with van der Waals surface area (Å²) in [5.41, 5.74) is 7.34. The fourth-order valence-electron chi connectivity index (χ4n) is 7.92. The van der Waals surface area contributed by atoms with Crippen molar-refractivity contribution in [2.75, 3.05) is 0 Å². The van der Waals surface area contributed by atoms with Gasteiger partial charge >= 0.3 is 31.8 Å². The lowest BCUT2D eigenvalue weighted by molar-refractivity contribution is 0.480. The molecule has 11 rings (SSSR count). The van der Waals surface area contributed by atoms with Crippen LogP contribution in [0.3, 0.4) is 0 Å². The summed E-state index contributed by atoms with van der Waals surface area (Å²) in [6.45, 7) is 1.85. The van der Waals surface area contributed by atoms with Gasteiger partial charge in [-0.3, -0.25) is 13.7 Å². The Morgan fingerprint density at radius 3 is 1.63 bits per heavy atom. The Kier molecular flexibility index (Phi) is 13.4. The maximum atomic E-state index is 12.5. The molecule has 7 aromatic carbocycles. The van der Waals surface area contributed by atoms with E-state index in [1.807, 2.05) is 63.4 Å². The number of azo groups is 1. The smallest absolute Gasteiger partial charge is 0.282 e. The summed E-state index contributed by atoms with van der Waals surface area (Å²) in [6.07, 6.45) is 3.36. The number of nitrogens with zero attached hydrogens (tertiary/aromatic N) is 8. The number of rotatable bonds is 9. The molecule has 0 aliphatic heterocycles. The molecule has 32 heteroatoms. The molecule has 26 nitrogen and oxygen atoms in total. The van der Waals surface area contributed by atoms with Crippen LogP contribution in [0.25, 0.3) is 67.1 Å². The van der Waals surface area contributed by atoms with Crippen LogP contribution in [0.1, 0.15) is 16.7 Å².